The third kappa shape index (κ3) is 4.96. The van der Waals surface area contributed by atoms with Crippen molar-refractivity contribution in [2.75, 3.05) is 6.61 Å². The first-order valence-electron chi connectivity index (χ1n) is 9.95. The minimum absolute atomic E-state index is 0.0618. The van der Waals surface area contributed by atoms with Crippen LogP contribution in [0.2, 0.25) is 0 Å². The summed E-state index contributed by atoms with van der Waals surface area (Å²) in [6, 6.07) is 8.79. The highest BCUT2D eigenvalue weighted by molar-refractivity contribution is 5.73. The fraction of sp³-hybridized carbons (Fsp3) is 0.455. The summed E-state index contributed by atoms with van der Waals surface area (Å²) in [5.41, 5.74) is 1.42. The molecule has 1 aromatic carbocycles. The molecule has 1 fully saturated rings. The first-order chi connectivity index (χ1) is 14.0. The molecule has 2 atom stereocenters. The average Bonchev–Trinajstić information content (AvgIpc) is 3.41. The second-order valence-electron chi connectivity index (χ2n) is 7.76. The number of carbonyl (C=O) groups is 1. The first kappa shape index (κ1) is 19.5. The van der Waals surface area contributed by atoms with E-state index >= 15 is 0 Å². The van der Waals surface area contributed by atoms with Crippen LogP contribution in [0.15, 0.2) is 30.3 Å². The Morgan fingerprint density at radius 2 is 2.14 bits per heavy atom. The maximum absolute atomic E-state index is 14.2. The van der Waals surface area contributed by atoms with Gasteiger partial charge in [0.25, 0.3) is 0 Å². The zero-order valence-corrected chi connectivity index (χ0v) is 16.6. The molecule has 0 bridgehead atoms. The summed E-state index contributed by atoms with van der Waals surface area (Å²) in [6.45, 7) is 4.07. The van der Waals surface area contributed by atoms with Gasteiger partial charge in [0.2, 0.25) is 17.7 Å². The number of benzene rings is 1. The summed E-state index contributed by atoms with van der Waals surface area (Å²) < 4.78 is 31.4. The number of hydrogen-bond acceptors (Lipinski definition) is 5. The summed E-state index contributed by atoms with van der Waals surface area (Å²) in [4.78, 5) is 15.1. The summed E-state index contributed by atoms with van der Waals surface area (Å²) >= 11 is 0. The molecule has 0 saturated heterocycles. The van der Waals surface area contributed by atoms with Gasteiger partial charge in [-0.15, -0.1) is 0 Å². The van der Waals surface area contributed by atoms with Gasteiger partial charge in [0.05, 0.1) is 12.6 Å². The standard InChI is InChI=1S/C22H25FN2O4/c1-13(24-14(2)26)19-9-16-5-7-18(10-20(16)29-19)27-12-17-6-8-21(25-22(17)23)28-11-15-3-4-15/h5-8,10,13,15,19H,3-4,9,11-12H2,1-2H3,(H,24,26)/t13-,19-/m0/s1. The van der Waals surface area contributed by atoms with Crippen molar-refractivity contribution in [3.63, 3.8) is 0 Å². The van der Waals surface area contributed by atoms with E-state index in [9.17, 15) is 9.18 Å². The van der Waals surface area contributed by atoms with Gasteiger partial charge in [-0.05, 0) is 43.4 Å². The minimum atomic E-state index is -0.583. The number of amides is 1. The summed E-state index contributed by atoms with van der Waals surface area (Å²) in [5.74, 6) is 1.55. The Bertz CT molecular complexity index is 900. The Labute approximate surface area is 169 Å². The molecule has 2 aromatic rings. The normalized spacial score (nSPS) is 18.5. The average molecular weight is 400 g/mol. The fourth-order valence-electron chi connectivity index (χ4n) is 3.30. The first-order valence-corrected chi connectivity index (χ1v) is 9.95. The molecular formula is C22H25FN2O4. The molecule has 7 heteroatoms. The zero-order valence-electron chi connectivity index (χ0n) is 16.6. The van der Waals surface area contributed by atoms with Crippen molar-refractivity contribution in [1.82, 2.24) is 10.3 Å². The van der Waals surface area contributed by atoms with Gasteiger partial charge < -0.3 is 19.5 Å². The van der Waals surface area contributed by atoms with Crippen LogP contribution in [0, 0.1) is 11.9 Å². The Balaban J connectivity index is 1.33. The van der Waals surface area contributed by atoms with E-state index < -0.39 is 5.95 Å². The van der Waals surface area contributed by atoms with Crippen molar-refractivity contribution in [3.8, 4) is 17.4 Å². The van der Waals surface area contributed by atoms with Crippen LogP contribution in [-0.2, 0) is 17.8 Å². The van der Waals surface area contributed by atoms with Gasteiger partial charge in [0.1, 0.15) is 24.2 Å². The Morgan fingerprint density at radius 3 is 2.86 bits per heavy atom. The molecule has 1 amide bonds. The molecule has 6 nitrogen and oxygen atoms in total. The second-order valence-corrected chi connectivity index (χ2v) is 7.76. The molecule has 0 spiro atoms. The van der Waals surface area contributed by atoms with Crippen LogP contribution in [0.5, 0.6) is 17.4 Å². The van der Waals surface area contributed by atoms with Crippen LogP contribution < -0.4 is 19.5 Å². The van der Waals surface area contributed by atoms with E-state index in [1.54, 1.807) is 18.2 Å². The van der Waals surface area contributed by atoms with Crippen molar-refractivity contribution >= 4 is 5.91 Å². The van der Waals surface area contributed by atoms with E-state index in [4.69, 9.17) is 14.2 Å². The number of hydrogen-bond donors (Lipinski definition) is 1. The fourth-order valence-corrected chi connectivity index (χ4v) is 3.30. The number of fused-ring (bicyclic) bond motifs is 1. The number of pyridine rings is 1. The van der Waals surface area contributed by atoms with E-state index in [1.165, 1.54) is 19.8 Å². The van der Waals surface area contributed by atoms with Crippen molar-refractivity contribution in [1.29, 1.82) is 0 Å². The van der Waals surface area contributed by atoms with Crippen LogP contribution in [0.3, 0.4) is 0 Å². The largest absolute Gasteiger partial charge is 0.489 e. The van der Waals surface area contributed by atoms with E-state index in [2.05, 4.69) is 10.3 Å². The molecule has 1 aliphatic carbocycles. The van der Waals surface area contributed by atoms with Crippen molar-refractivity contribution in [2.24, 2.45) is 5.92 Å². The second kappa shape index (κ2) is 8.27. The summed E-state index contributed by atoms with van der Waals surface area (Å²) in [7, 11) is 0. The minimum Gasteiger partial charge on any atom is -0.489 e. The number of ether oxygens (including phenoxy) is 3. The molecule has 1 saturated carbocycles. The molecule has 1 N–H and O–H groups in total. The van der Waals surface area contributed by atoms with E-state index in [-0.39, 0.29) is 24.7 Å². The van der Waals surface area contributed by atoms with Gasteiger partial charge in [-0.3, -0.25) is 4.79 Å². The molecule has 0 unspecified atom stereocenters. The van der Waals surface area contributed by atoms with Gasteiger partial charge >= 0.3 is 0 Å². The molecule has 154 valence electrons. The van der Waals surface area contributed by atoms with Crippen LogP contribution >= 0.6 is 0 Å². The monoisotopic (exact) mass is 400 g/mol. The number of nitrogens with one attached hydrogen (secondary N) is 1. The number of rotatable bonds is 8. The van der Waals surface area contributed by atoms with E-state index in [1.807, 2.05) is 19.1 Å². The lowest BCUT2D eigenvalue weighted by atomic mass is 10.1. The van der Waals surface area contributed by atoms with Gasteiger partial charge in [0, 0.05) is 31.0 Å². The lowest BCUT2D eigenvalue weighted by Crippen LogP contribution is -2.42. The van der Waals surface area contributed by atoms with Gasteiger partial charge in [-0.1, -0.05) is 6.07 Å². The molecule has 2 aliphatic rings. The lowest BCUT2D eigenvalue weighted by Gasteiger charge is -2.19. The van der Waals surface area contributed by atoms with Gasteiger partial charge in [-0.25, -0.2) is 0 Å². The van der Waals surface area contributed by atoms with Crippen LogP contribution in [-0.4, -0.2) is 29.6 Å². The van der Waals surface area contributed by atoms with Crippen molar-refractivity contribution < 1.29 is 23.4 Å². The summed E-state index contributed by atoms with van der Waals surface area (Å²) in [5, 5.41) is 2.86. The number of carbonyl (C=O) groups excluding carboxylic acids is 1. The highest BCUT2D eigenvalue weighted by Crippen LogP contribution is 2.34. The predicted molar refractivity (Wildman–Crippen MR) is 105 cm³/mol. The molecular weight excluding hydrogens is 375 g/mol. The number of aromatic nitrogens is 1. The molecule has 4 rings (SSSR count). The predicted octanol–water partition coefficient (Wildman–Crippen LogP) is 3.42. The Hall–Kier alpha value is -2.83. The lowest BCUT2D eigenvalue weighted by molar-refractivity contribution is -0.120. The third-order valence-corrected chi connectivity index (χ3v) is 5.19. The zero-order chi connectivity index (χ0) is 20.4. The summed E-state index contributed by atoms with van der Waals surface area (Å²) in [6.07, 6.45) is 2.95. The third-order valence-electron chi connectivity index (χ3n) is 5.19. The van der Waals surface area contributed by atoms with E-state index in [0.717, 1.165) is 17.7 Å². The highest BCUT2D eigenvalue weighted by atomic mass is 19.1. The Kier molecular flexibility index (Phi) is 5.56. The van der Waals surface area contributed by atoms with Gasteiger partial charge in [-0.2, -0.15) is 9.37 Å². The van der Waals surface area contributed by atoms with Gasteiger partial charge in [0.15, 0.2) is 0 Å². The molecule has 1 aromatic heterocycles. The van der Waals surface area contributed by atoms with Crippen LogP contribution in [0.1, 0.15) is 37.8 Å². The van der Waals surface area contributed by atoms with Crippen LogP contribution in [0.4, 0.5) is 4.39 Å². The SMILES string of the molecule is CC(=O)N[C@@H](C)[C@@H]1Cc2ccc(OCc3ccc(OCC4CC4)nc3F)cc2O1. The molecule has 29 heavy (non-hydrogen) atoms. The molecule has 2 heterocycles. The van der Waals surface area contributed by atoms with Crippen molar-refractivity contribution in [3.05, 3.63) is 47.4 Å². The number of halogens is 1. The maximum Gasteiger partial charge on any atom is 0.222 e. The molecule has 1 aliphatic heterocycles. The quantitative estimate of drug-likeness (QED) is 0.688. The van der Waals surface area contributed by atoms with E-state index in [0.29, 0.717) is 29.7 Å². The maximum atomic E-state index is 14.2. The van der Waals surface area contributed by atoms with Crippen molar-refractivity contribution in [2.45, 2.75) is 51.9 Å². The number of nitrogens with zero attached hydrogens (tertiary/aromatic N) is 1. The smallest absolute Gasteiger partial charge is 0.222 e. The van der Waals surface area contributed by atoms with Crippen LogP contribution in [0.25, 0.3) is 0 Å². The highest BCUT2D eigenvalue weighted by Gasteiger charge is 2.28. The topological polar surface area (TPSA) is 69.7 Å². The Morgan fingerprint density at radius 1 is 1.31 bits per heavy atom. The molecule has 0 radical (unpaired) electrons.